The minimum Gasteiger partial charge on any atom is -0.393 e. The molecule has 1 saturated heterocycles. The van der Waals surface area contributed by atoms with Gasteiger partial charge in [-0.3, -0.25) is 19.8 Å². The number of carbonyl (C=O) groups excluding carboxylic acids is 3. The third-order valence-corrected chi connectivity index (χ3v) is 5.36. The van der Waals surface area contributed by atoms with Crippen LogP contribution in [-0.2, 0) is 14.3 Å². The lowest BCUT2D eigenvalue weighted by atomic mass is 10.1. The molecule has 1 aromatic rings. The Balaban J connectivity index is 2.00. The van der Waals surface area contributed by atoms with Gasteiger partial charge in [-0.05, 0) is 12.1 Å². The lowest BCUT2D eigenvalue weighted by molar-refractivity contribution is -0.171. The van der Waals surface area contributed by atoms with Gasteiger partial charge in [0.15, 0.2) is 0 Å². The SMILES string of the molecule is CN/C=C(\C=N)C(=O)N1CCOCC1CNC(=O)c1ccc(C(=N)NC(=O)C(F)(F)F)s1. The largest absolute Gasteiger partial charge is 0.471 e. The van der Waals surface area contributed by atoms with E-state index >= 15 is 0 Å². The second-order valence-electron chi connectivity index (χ2n) is 6.46. The van der Waals surface area contributed by atoms with E-state index in [1.165, 1.54) is 28.5 Å². The molecule has 0 spiro atoms. The standard InChI is InChI=1S/C18H21F3N6O4S/c1-24-7-10(6-22)16(29)27-4-5-31-9-11(27)8-25-15(28)13-3-2-12(32-13)14(23)26-17(30)18(19,20)21/h2-3,6-7,11,22,24H,4-5,8-9H2,1H3,(H,25,28)(H2,23,26,30)/b10-7+,22-6?. The van der Waals surface area contributed by atoms with Crippen molar-refractivity contribution in [3.63, 3.8) is 0 Å². The van der Waals surface area contributed by atoms with E-state index in [1.807, 2.05) is 0 Å². The summed E-state index contributed by atoms with van der Waals surface area (Å²) in [6.45, 7) is 0.778. The summed E-state index contributed by atoms with van der Waals surface area (Å²) in [6.07, 6.45) is -2.82. The summed E-state index contributed by atoms with van der Waals surface area (Å²) >= 11 is 0.733. The maximum absolute atomic E-state index is 12.6. The third kappa shape index (κ3) is 6.37. The fraction of sp³-hybridized carbons (Fsp3) is 0.389. The maximum Gasteiger partial charge on any atom is 0.471 e. The fourth-order valence-electron chi connectivity index (χ4n) is 2.72. The molecule has 0 aromatic carbocycles. The molecule has 1 aliphatic heterocycles. The Kier molecular flexibility index (Phi) is 8.48. The van der Waals surface area contributed by atoms with Crippen molar-refractivity contribution < 1.29 is 32.3 Å². The van der Waals surface area contributed by atoms with E-state index in [0.29, 0.717) is 6.61 Å². The van der Waals surface area contributed by atoms with Crippen molar-refractivity contribution >= 4 is 41.1 Å². The number of ether oxygens (including phenoxy) is 1. The second kappa shape index (κ2) is 10.9. The normalized spacial score (nSPS) is 16.8. The van der Waals surface area contributed by atoms with Crippen LogP contribution in [-0.4, -0.2) is 80.2 Å². The molecule has 1 atom stereocenters. The van der Waals surface area contributed by atoms with E-state index in [0.717, 1.165) is 17.6 Å². The van der Waals surface area contributed by atoms with Crippen molar-refractivity contribution in [3.8, 4) is 0 Å². The van der Waals surface area contributed by atoms with Crippen LogP contribution < -0.4 is 16.0 Å². The van der Waals surface area contributed by atoms with E-state index in [2.05, 4.69) is 10.6 Å². The average Bonchev–Trinajstić information content (AvgIpc) is 3.25. The summed E-state index contributed by atoms with van der Waals surface area (Å²) in [6, 6.07) is 2.06. The van der Waals surface area contributed by atoms with Crippen LogP contribution in [0.3, 0.4) is 0 Å². The first kappa shape index (κ1) is 25.0. The molecule has 10 nitrogen and oxygen atoms in total. The quantitative estimate of drug-likeness (QED) is 0.221. The highest BCUT2D eigenvalue weighted by Crippen LogP contribution is 2.19. The summed E-state index contributed by atoms with van der Waals surface area (Å²) in [5.41, 5.74) is 0.132. The number of amides is 3. The summed E-state index contributed by atoms with van der Waals surface area (Å²) < 4.78 is 42.3. The molecular weight excluding hydrogens is 453 g/mol. The van der Waals surface area contributed by atoms with E-state index in [9.17, 15) is 27.6 Å². The van der Waals surface area contributed by atoms with Gasteiger partial charge in [0, 0.05) is 32.6 Å². The minimum absolute atomic E-state index is 0.0293. The molecule has 0 saturated carbocycles. The Hall–Kier alpha value is -3.26. The first-order valence-electron chi connectivity index (χ1n) is 9.20. The fourth-order valence-corrected chi connectivity index (χ4v) is 3.54. The van der Waals surface area contributed by atoms with Crippen LogP contribution in [0.4, 0.5) is 13.2 Å². The Morgan fingerprint density at radius 1 is 1.31 bits per heavy atom. The molecule has 1 aromatic heterocycles. The number of thiophene rings is 1. The van der Waals surface area contributed by atoms with Gasteiger partial charge in [-0.2, -0.15) is 13.2 Å². The molecular formula is C18H21F3N6O4S. The van der Waals surface area contributed by atoms with Crippen LogP contribution >= 0.6 is 11.3 Å². The highest BCUT2D eigenvalue weighted by Gasteiger charge is 2.39. The predicted octanol–water partition coefficient (Wildman–Crippen LogP) is 0.462. The highest BCUT2D eigenvalue weighted by molar-refractivity contribution is 7.16. The molecule has 0 bridgehead atoms. The van der Waals surface area contributed by atoms with Gasteiger partial charge < -0.3 is 31.0 Å². The molecule has 1 aliphatic rings. The van der Waals surface area contributed by atoms with Crippen molar-refractivity contribution in [2.45, 2.75) is 12.2 Å². The van der Waals surface area contributed by atoms with Gasteiger partial charge in [-0.1, -0.05) is 0 Å². The highest BCUT2D eigenvalue weighted by atomic mass is 32.1. The lowest BCUT2D eigenvalue weighted by Gasteiger charge is -2.35. The number of hydrogen-bond donors (Lipinski definition) is 5. The van der Waals surface area contributed by atoms with Crippen LogP contribution in [0.15, 0.2) is 23.9 Å². The number of carbonyl (C=O) groups is 3. The van der Waals surface area contributed by atoms with Crippen LogP contribution in [0.2, 0.25) is 0 Å². The minimum atomic E-state index is -5.13. The molecule has 1 fully saturated rings. The van der Waals surface area contributed by atoms with Gasteiger partial charge >= 0.3 is 12.1 Å². The van der Waals surface area contributed by atoms with Gasteiger partial charge in [-0.25, -0.2) is 0 Å². The zero-order chi connectivity index (χ0) is 23.9. The number of alkyl halides is 3. The van der Waals surface area contributed by atoms with Gasteiger partial charge in [0.25, 0.3) is 11.8 Å². The molecule has 2 rings (SSSR count). The van der Waals surface area contributed by atoms with Crippen molar-refractivity contribution in [1.82, 2.24) is 20.9 Å². The third-order valence-electron chi connectivity index (χ3n) is 4.26. The lowest BCUT2D eigenvalue weighted by Crippen LogP contribution is -2.54. The number of nitrogens with one attached hydrogen (secondary N) is 5. The van der Waals surface area contributed by atoms with Crippen LogP contribution in [0, 0.1) is 10.8 Å². The average molecular weight is 474 g/mol. The Morgan fingerprint density at radius 2 is 2.00 bits per heavy atom. The Morgan fingerprint density at radius 3 is 2.62 bits per heavy atom. The molecule has 0 aliphatic carbocycles. The first-order chi connectivity index (χ1) is 15.1. The van der Waals surface area contributed by atoms with Crippen LogP contribution in [0.25, 0.3) is 0 Å². The Labute approximate surface area is 184 Å². The number of morpholine rings is 1. The molecule has 174 valence electrons. The topological polar surface area (TPSA) is 147 Å². The molecule has 14 heteroatoms. The predicted molar refractivity (Wildman–Crippen MR) is 110 cm³/mol. The zero-order valence-corrected chi connectivity index (χ0v) is 17.7. The molecule has 1 unspecified atom stereocenters. The van der Waals surface area contributed by atoms with Crippen molar-refractivity contribution in [2.24, 2.45) is 0 Å². The van der Waals surface area contributed by atoms with E-state index < -0.39 is 35.8 Å². The summed E-state index contributed by atoms with van der Waals surface area (Å²) in [5, 5.41) is 21.7. The number of hydrogen-bond acceptors (Lipinski definition) is 8. The van der Waals surface area contributed by atoms with Crippen molar-refractivity contribution in [3.05, 3.63) is 33.7 Å². The maximum atomic E-state index is 12.6. The van der Waals surface area contributed by atoms with E-state index in [4.69, 9.17) is 15.6 Å². The van der Waals surface area contributed by atoms with Crippen molar-refractivity contribution in [2.75, 3.05) is 33.4 Å². The van der Waals surface area contributed by atoms with E-state index in [-0.39, 0.29) is 35.0 Å². The van der Waals surface area contributed by atoms with Crippen LogP contribution in [0.5, 0.6) is 0 Å². The number of halogens is 3. The number of amidine groups is 1. The summed E-state index contributed by atoms with van der Waals surface area (Å²) in [5.74, 6) is -4.01. The number of nitrogens with zero attached hydrogens (tertiary/aromatic N) is 1. The molecule has 3 amide bonds. The van der Waals surface area contributed by atoms with Gasteiger partial charge in [-0.15, -0.1) is 11.3 Å². The smallest absolute Gasteiger partial charge is 0.393 e. The van der Waals surface area contributed by atoms with Gasteiger partial charge in [0.1, 0.15) is 5.84 Å². The molecule has 2 heterocycles. The summed E-state index contributed by atoms with van der Waals surface area (Å²) in [4.78, 5) is 37.6. The van der Waals surface area contributed by atoms with Gasteiger partial charge in [0.05, 0.1) is 34.6 Å². The molecule has 32 heavy (non-hydrogen) atoms. The number of rotatable bonds is 7. The van der Waals surface area contributed by atoms with Crippen molar-refractivity contribution in [1.29, 1.82) is 10.8 Å². The van der Waals surface area contributed by atoms with E-state index in [1.54, 1.807) is 7.05 Å². The molecule has 5 N–H and O–H groups in total. The van der Waals surface area contributed by atoms with Gasteiger partial charge in [0.2, 0.25) is 0 Å². The second-order valence-corrected chi connectivity index (χ2v) is 7.54. The summed E-state index contributed by atoms with van der Waals surface area (Å²) in [7, 11) is 1.59. The van der Waals surface area contributed by atoms with Crippen LogP contribution in [0.1, 0.15) is 14.5 Å². The molecule has 0 radical (unpaired) electrons. The monoisotopic (exact) mass is 474 g/mol. The Bertz CT molecular complexity index is 930. The first-order valence-corrected chi connectivity index (χ1v) is 10.0. The zero-order valence-electron chi connectivity index (χ0n) is 16.8.